The lowest BCUT2D eigenvalue weighted by Crippen LogP contribution is -2.42. The second-order valence-corrected chi connectivity index (χ2v) is 8.81. The molecule has 0 bridgehead atoms. The summed E-state index contributed by atoms with van der Waals surface area (Å²) in [6, 6.07) is 0.839. The summed E-state index contributed by atoms with van der Waals surface area (Å²) in [6.45, 7) is 1.82. The van der Waals surface area contributed by atoms with Crippen LogP contribution in [-0.2, 0) is 18.1 Å². The summed E-state index contributed by atoms with van der Waals surface area (Å²) in [6.07, 6.45) is 2.77. The summed E-state index contributed by atoms with van der Waals surface area (Å²) >= 11 is 1.88. The fourth-order valence-electron chi connectivity index (χ4n) is 2.16. The van der Waals surface area contributed by atoms with Crippen molar-refractivity contribution in [2.45, 2.75) is 25.3 Å². The van der Waals surface area contributed by atoms with Crippen molar-refractivity contribution in [3.8, 4) is 0 Å². The number of hydrogen-bond acceptors (Lipinski definition) is 5. The Kier molecular flexibility index (Phi) is 8.01. The molecule has 112 valence electrons. The maximum Gasteiger partial charge on any atom is 0.500 e. The zero-order valence-corrected chi connectivity index (χ0v) is 14.0. The molecule has 7 heteroatoms. The van der Waals surface area contributed by atoms with Gasteiger partial charge in [-0.2, -0.15) is 11.8 Å². The lowest BCUT2D eigenvalue weighted by molar-refractivity contribution is -0.127. The average Bonchev–Trinajstić information content (AvgIpc) is 2.84. The van der Waals surface area contributed by atoms with E-state index in [9.17, 15) is 4.79 Å². The zero-order valence-electron chi connectivity index (χ0n) is 12.1. The Balaban J connectivity index is 2.06. The van der Waals surface area contributed by atoms with Crippen LogP contribution in [0.15, 0.2) is 0 Å². The first-order chi connectivity index (χ1) is 9.17. The second kappa shape index (κ2) is 8.96. The Morgan fingerprint density at radius 1 is 1.21 bits per heavy atom. The number of hydrogen-bond donors (Lipinski definition) is 0. The molecule has 1 aliphatic rings. The number of nitrogens with zero attached hydrogens (tertiary/aromatic N) is 1. The zero-order chi connectivity index (χ0) is 14.1. The highest BCUT2D eigenvalue weighted by atomic mass is 32.2. The van der Waals surface area contributed by atoms with Crippen molar-refractivity contribution in [2.24, 2.45) is 0 Å². The summed E-state index contributed by atoms with van der Waals surface area (Å²) in [4.78, 5) is 13.4. The van der Waals surface area contributed by atoms with Gasteiger partial charge in [0.1, 0.15) is 0 Å². The first-order valence-electron chi connectivity index (χ1n) is 6.68. The number of amides is 1. The van der Waals surface area contributed by atoms with Crippen LogP contribution in [0.5, 0.6) is 0 Å². The normalized spacial score (nSPS) is 16.4. The number of likely N-dealkylation sites (tertiary alicyclic amines) is 1. The molecule has 1 aliphatic heterocycles. The minimum Gasteiger partial charge on any atom is -0.377 e. The number of thioether (sulfide) groups is 1. The SMILES string of the molecule is CO[Si](CCCSCCN1CCCC1=O)(OC)OC. The quantitative estimate of drug-likeness (QED) is 0.453. The molecule has 0 unspecified atom stereocenters. The molecule has 0 radical (unpaired) electrons. The lowest BCUT2D eigenvalue weighted by Gasteiger charge is -2.24. The molecule has 1 heterocycles. The van der Waals surface area contributed by atoms with Crippen molar-refractivity contribution in [2.75, 3.05) is 45.9 Å². The first-order valence-corrected chi connectivity index (χ1v) is 9.77. The van der Waals surface area contributed by atoms with Crippen LogP contribution in [0.3, 0.4) is 0 Å². The third-order valence-electron chi connectivity index (χ3n) is 3.38. The van der Waals surface area contributed by atoms with Gasteiger partial charge in [-0.3, -0.25) is 4.79 Å². The Morgan fingerprint density at radius 2 is 1.89 bits per heavy atom. The minimum absolute atomic E-state index is 0.310. The third-order valence-corrected chi connectivity index (χ3v) is 7.26. The molecule has 0 aromatic heterocycles. The Bertz CT molecular complexity index is 268. The van der Waals surface area contributed by atoms with Crippen molar-refractivity contribution >= 4 is 26.5 Å². The van der Waals surface area contributed by atoms with Gasteiger partial charge in [-0.15, -0.1) is 0 Å². The largest absolute Gasteiger partial charge is 0.500 e. The number of rotatable bonds is 10. The van der Waals surface area contributed by atoms with E-state index in [0.717, 1.165) is 49.9 Å². The van der Waals surface area contributed by atoms with E-state index in [0.29, 0.717) is 5.91 Å². The Morgan fingerprint density at radius 3 is 2.42 bits per heavy atom. The lowest BCUT2D eigenvalue weighted by atomic mass is 10.4. The van der Waals surface area contributed by atoms with Crippen molar-refractivity contribution in [1.82, 2.24) is 4.90 Å². The third kappa shape index (κ3) is 5.43. The van der Waals surface area contributed by atoms with Crippen LogP contribution in [0.1, 0.15) is 19.3 Å². The van der Waals surface area contributed by atoms with Crippen LogP contribution < -0.4 is 0 Å². The summed E-state index contributed by atoms with van der Waals surface area (Å²) in [7, 11) is 2.54. The fourth-order valence-corrected chi connectivity index (χ4v) is 5.04. The molecular formula is C12H25NO4SSi. The van der Waals surface area contributed by atoms with Gasteiger partial charge in [0.15, 0.2) is 0 Å². The summed E-state index contributed by atoms with van der Waals surface area (Å²) in [5.74, 6) is 2.37. The van der Waals surface area contributed by atoms with E-state index < -0.39 is 8.80 Å². The topological polar surface area (TPSA) is 48.0 Å². The molecule has 0 spiro atoms. The van der Waals surface area contributed by atoms with Crippen LogP contribution in [0.4, 0.5) is 0 Å². The minimum atomic E-state index is -2.39. The molecule has 5 nitrogen and oxygen atoms in total. The molecule has 0 aliphatic carbocycles. The highest BCUT2D eigenvalue weighted by Gasteiger charge is 2.36. The molecule has 0 aromatic carbocycles. The molecule has 0 atom stereocenters. The fraction of sp³-hybridized carbons (Fsp3) is 0.917. The number of carbonyl (C=O) groups is 1. The monoisotopic (exact) mass is 307 g/mol. The van der Waals surface area contributed by atoms with Crippen molar-refractivity contribution in [3.63, 3.8) is 0 Å². The maximum atomic E-state index is 11.4. The van der Waals surface area contributed by atoms with E-state index in [4.69, 9.17) is 13.3 Å². The van der Waals surface area contributed by atoms with Crippen molar-refractivity contribution in [1.29, 1.82) is 0 Å². The van der Waals surface area contributed by atoms with E-state index in [2.05, 4.69) is 0 Å². The van der Waals surface area contributed by atoms with Crippen molar-refractivity contribution in [3.05, 3.63) is 0 Å². The molecule has 1 saturated heterocycles. The highest BCUT2D eigenvalue weighted by molar-refractivity contribution is 7.99. The van der Waals surface area contributed by atoms with Crippen molar-refractivity contribution < 1.29 is 18.1 Å². The van der Waals surface area contributed by atoms with Gasteiger partial charge in [0.25, 0.3) is 0 Å². The van der Waals surface area contributed by atoms with Gasteiger partial charge < -0.3 is 18.2 Å². The van der Waals surface area contributed by atoms with Gasteiger partial charge in [0.2, 0.25) is 5.91 Å². The van der Waals surface area contributed by atoms with Gasteiger partial charge >= 0.3 is 8.80 Å². The Labute approximate surface area is 121 Å². The van der Waals surface area contributed by atoms with Crippen LogP contribution >= 0.6 is 11.8 Å². The van der Waals surface area contributed by atoms with Crippen LogP contribution in [0.25, 0.3) is 0 Å². The molecular weight excluding hydrogens is 282 g/mol. The molecule has 19 heavy (non-hydrogen) atoms. The molecule has 1 amide bonds. The van der Waals surface area contributed by atoms with E-state index in [1.807, 2.05) is 16.7 Å². The van der Waals surface area contributed by atoms with Crippen LogP contribution in [0, 0.1) is 0 Å². The Hall–Kier alpha value is -0.0831. The van der Waals surface area contributed by atoms with E-state index in [-0.39, 0.29) is 0 Å². The smallest absolute Gasteiger partial charge is 0.377 e. The standard InChI is InChI=1S/C12H25NO4SSi/c1-15-19(16-2,17-3)11-5-9-18-10-8-13-7-4-6-12(13)14/h4-11H2,1-3H3. The predicted molar refractivity (Wildman–Crippen MR) is 79.3 cm³/mol. The summed E-state index contributed by atoms with van der Waals surface area (Å²) in [5.41, 5.74) is 0. The second-order valence-electron chi connectivity index (χ2n) is 4.50. The maximum absolute atomic E-state index is 11.4. The predicted octanol–water partition coefficient (Wildman–Crippen LogP) is 1.61. The molecule has 1 fully saturated rings. The van der Waals surface area contributed by atoms with Gasteiger partial charge in [-0.05, 0) is 18.6 Å². The number of carbonyl (C=O) groups excluding carboxylic acids is 1. The van der Waals surface area contributed by atoms with Gasteiger partial charge in [0, 0.05) is 52.6 Å². The summed E-state index contributed by atoms with van der Waals surface area (Å²) in [5, 5.41) is 0. The van der Waals surface area contributed by atoms with Crippen LogP contribution in [0.2, 0.25) is 6.04 Å². The molecule has 0 N–H and O–H groups in total. The molecule has 0 saturated carbocycles. The highest BCUT2D eigenvalue weighted by Crippen LogP contribution is 2.18. The van der Waals surface area contributed by atoms with Gasteiger partial charge in [-0.25, -0.2) is 0 Å². The molecule has 0 aromatic rings. The summed E-state index contributed by atoms with van der Waals surface area (Å²) < 4.78 is 16.1. The van der Waals surface area contributed by atoms with Crippen LogP contribution in [-0.4, -0.2) is 65.5 Å². The van der Waals surface area contributed by atoms with Gasteiger partial charge in [0.05, 0.1) is 0 Å². The first kappa shape index (κ1) is 17.0. The van der Waals surface area contributed by atoms with Gasteiger partial charge in [-0.1, -0.05) is 0 Å². The van der Waals surface area contributed by atoms with E-state index in [1.54, 1.807) is 21.3 Å². The molecule has 1 rings (SSSR count). The average molecular weight is 307 g/mol. The van der Waals surface area contributed by atoms with E-state index >= 15 is 0 Å². The van der Waals surface area contributed by atoms with E-state index in [1.165, 1.54) is 0 Å².